The molecule has 0 radical (unpaired) electrons. The summed E-state index contributed by atoms with van der Waals surface area (Å²) < 4.78 is 0.640. The van der Waals surface area contributed by atoms with Crippen LogP contribution in [-0.4, -0.2) is 9.57 Å². The number of thiocarbonyl (C=S) groups is 1. The lowest BCUT2D eigenvalue weighted by atomic mass is 9.85. The molecule has 1 fully saturated rings. The van der Waals surface area contributed by atoms with Crippen molar-refractivity contribution in [2.45, 2.75) is 63.5 Å². The van der Waals surface area contributed by atoms with Crippen LogP contribution in [-0.2, 0) is 0 Å². The van der Waals surface area contributed by atoms with E-state index < -0.39 is 0 Å². The van der Waals surface area contributed by atoms with Gasteiger partial charge in [0.2, 0.25) is 0 Å². The number of hydrogen-bond acceptors (Lipinski definition) is 2. The summed E-state index contributed by atoms with van der Waals surface area (Å²) >= 11 is 6.79. The van der Waals surface area contributed by atoms with E-state index in [4.69, 9.17) is 18.0 Å². The van der Waals surface area contributed by atoms with Gasteiger partial charge in [0.25, 0.3) is 0 Å². The molecule has 1 aliphatic rings. The second-order valence-electron chi connectivity index (χ2n) is 4.52. The van der Waals surface area contributed by atoms with Gasteiger partial charge in [0.15, 0.2) is 0 Å². The predicted octanol–water partition coefficient (Wildman–Crippen LogP) is 4.10. The molecule has 0 bridgehead atoms. The quantitative estimate of drug-likeness (QED) is 0.738. The predicted molar refractivity (Wildman–Crippen MR) is 74.3 cm³/mol. The molecule has 88 valence electrons. The van der Waals surface area contributed by atoms with E-state index in [1.165, 1.54) is 51.4 Å². The number of thioether (sulfide) groups is 1. The number of rotatable bonds is 5. The molecule has 1 aliphatic carbocycles. The maximum absolute atomic E-state index is 5.67. The molecule has 0 amide bonds. The monoisotopic (exact) mass is 245 g/mol. The molecule has 15 heavy (non-hydrogen) atoms. The Morgan fingerprint density at radius 2 is 2.07 bits per heavy atom. The summed E-state index contributed by atoms with van der Waals surface area (Å²) in [5, 5.41) is 0.697. The highest BCUT2D eigenvalue weighted by Crippen LogP contribution is 2.35. The van der Waals surface area contributed by atoms with Gasteiger partial charge in [-0.3, -0.25) is 0 Å². The smallest absolute Gasteiger partial charge is 0.131 e. The molecular formula is C12H23NS2. The van der Waals surface area contributed by atoms with E-state index in [1.807, 2.05) is 0 Å². The van der Waals surface area contributed by atoms with Gasteiger partial charge in [-0.25, -0.2) is 0 Å². The minimum atomic E-state index is 0.640. The molecule has 0 spiro atoms. The van der Waals surface area contributed by atoms with E-state index in [0.717, 1.165) is 5.92 Å². The Hall–Kier alpha value is 0.240. The zero-order valence-electron chi connectivity index (χ0n) is 9.71. The van der Waals surface area contributed by atoms with E-state index in [-0.39, 0.29) is 0 Å². The molecule has 1 unspecified atom stereocenters. The van der Waals surface area contributed by atoms with E-state index in [2.05, 4.69) is 6.92 Å². The summed E-state index contributed by atoms with van der Waals surface area (Å²) in [6.45, 7) is 2.25. The highest BCUT2D eigenvalue weighted by atomic mass is 32.2. The zero-order chi connectivity index (χ0) is 11.1. The van der Waals surface area contributed by atoms with Crippen LogP contribution < -0.4 is 5.73 Å². The van der Waals surface area contributed by atoms with Crippen molar-refractivity contribution in [1.29, 1.82) is 0 Å². The third-order valence-electron chi connectivity index (χ3n) is 3.29. The number of nitrogens with two attached hydrogens (primary N) is 1. The first-order valence-corrected chi connectivity index (χ1v) is 7.49. The van der Waals surface area contributed by atoms with Crippen molar-refractivity contribution in [2.24, 2.45) is 11.7 Å². The van der Waals surface area contributed by atoms with Crippen LogP contribution in [0, 0.1) is 5.92 Å². The maximum atomic E-state index is 5.67. The lowest BCUT2D eigenvalue weighted by molar-refractivity contribution is 0.339. The fraction of sp³-hybridized carbons (Fsp3) is 0.917. The van der Waals surface area contributed by atoms with Gasteiger partial charge in [-0.2, -0.15) is 0 Å². The molecule has 2 N–H and O–H groups in total. The van der Waals surface area contributed by atoms with Crippen LogP contribution in [0.2, 0.25) is 0 Å². The van der Waals surface area contributed by atoms with Gasteiger partial charge in [0.05, 0.1) is 0 Å². The minimum Gasteiger partial charge on any atom is -0.385 e. The van der Waals surface area contributed by atoms with E-state index in [0.29, 0.717) is 9.57 Å². The van der Waals surface area contributed by atoms with Gasteiger partial charge >= 0.3 is 0 Å². The van der Waals surface area contributed by atoms with Crippen molar-refractivity contribution in [3.8, 4) is 0 Å². The lowest BCUT2D eigenvalue weighted by Crippen LogP contribution is -2.23. The second-order valence-corrected chi connectivity index (χ2v) is 6.49. The molecule has 1 nitrogen and oxygen atoms in total. The van der Waals surface area contributed by atoms with Crippen molar-refractivity contribution in [2.75, 3.05) is 0 Å². The minimum absolute atomic E-state index is 0.640. The van der Waals surface area contributed by atoms with Crippen LogP contribution in [0.25, 0.3) is 0 Å². The first-order valence-electron chi connectivity index (χ1n) is 6.20. The molecule has 1 atom stereocenters. The summed E-state index contributed by atoms with van der Waals surface area (Å²) in [6, 6.07) is 0. The summed E-state index contributed by atoms with van der Waals surface area (Å²) in [7, 11) is 0. The Bertz CT molecular complexity index is 188. The molecule has 0 saturated heterocycles. The number of unbranched alkanes of at least 4 members (excludes halogenated alkanes) is 1. The topological polar surface area (TPSA) is 26.0 Å². The lowest BCUT2D eigenvalue weighted by Gasteiger charge is -2.29. The molecule has 1 saturated carbocycles. The summed E-state index contributed by atoms with van der Waals surface area (Å²) in [4.78, 5) is 0. The molecule has 1 rings (SSSR count). The largest absolute Gasteiger partial charge is 0.385 e. The van der Waals surface area contributed by atoms with Crippen LogP contribution >= 0.6 is 24.0 Å². The third-order valence-corrected chi connectivity index (χ3v) is 4.73. The summed E-state index contributed by atoms with van der Waals surface area (Å²) in [6.07, 6.45) is 10.9. The van der Waals surface area contributed by atoms with Crippen molar-refractivity contribution in [3.63, 3.8) is 0 Å². The van der Waals surface area contributed by atoms with Crippen molar-refractivity contribution in [3.05, 3.63) is 0 Å². The molecular weight excluding hydrogens is 222 g/mol. The fourth-order valence-corrected chi connectivity index (χ4v) is 3.87. The molecule has 0 aromatic rings. The van der Waals surface area contributed by atoms with Crippen LogP contribution in [0.1, 0.15) is 58.3 Å². The van der Waals surface area contributed by atoms with Crippen LogP contribution in [0.15, 0.2) is 0 Å². The van der Waals surface area contributed by atoms with E-state index >= 15 is 0 Å². The Balaban J connectivity index is 2.41. The van der Waals surface area contributed by atoms with Gasteiger partial charge < -0.3 is 5.73 Å². The Kier molecular flexibility index (Phi) is 6.66. The first kappa shape index (κ1) is 13.3. The highest BCUT2D eigenvalue weighted by molar-refractivity contribution is 8.23. The zero-order valence-corrected chi connectivity index (χ0v) is 11.3. The van der Waals surface area contributed by atoms with Gasteiger partial charge in [-0.05, 0) is 25.2 Å². The SMILES string of the molecule is CCCCC(SC(N)=S)C1CCCCC1. The third kappa shape index (κ3) is 5.21. The first-order chi connectivity index (χ1) is 7.24. The van der Waals surface area contributed by atoms with Crippen molar-refractivity contribution in [1.82, 2.24) is 0 Å². The Morgan fingerprint density at radius 1 is 1.40 bits per heavy atom. The fourth-order valence-electron chi connectivity index (χ4n) is 2.45. The van der Waals surface area contributed by atoms with Gasteiger partial charge in [-0.1, -0.05) is 63.0 Å². The standard InChI is InChI=1S/C12H23NS2/c1-2-3-9-11(15-12(13)14)10-7-5-4-6-8-10/h10-11H,2-9H2,1H3,(H2,13,14). The molecule has 0 aromatic carbocycles. The van der Waals surface area contributed by atoms with E-state index in [1.54, 1.807) is 11.8 Å². The normalized spacial score (nSPS) is 20.1. The van der Waals surface area contributed by atoms with Crippen LogP contribution in [0.3, 0.4) is 0 Å². The summed E-state index contributed by atoms with van der Waals surface area (Å²) in [5.41, 5.74) is 5.67. The highest BCUT2D eigenvalue weighted by Gasteiger charge is 2.24. The average molecular weight is 245 g/mol. The molecule has 0 aromatic heterocycles. The van der Waals surface area contributed by atoms with Gasteiger partial charge in [0.1, 0.15) is 4.32 Å². The van der Waals surface area contributed by atoms with Crippen molar-refractivity contribution < 1.29 is 0 Å². The summed E-state index contributed by atoms with van der Waals surface area (Å²) in [5.74, 6) is 0.872. The van der Waals surface area contributed by atoms with Crippen molar-refractivity contribution >= 4 is 28.3 Å². The average Bonchev–Trinajstić information content (AvgIpc) is 2.25. The van der Waals surface area contributed by atoms with Crippen LogP contribution in [0.4, 0.5) is 0 Å². The molecule has 0 heterocycles. The molecule has 0 aliphatic heterocycles. The molecule has 3 heteroatoms. The van der Waals surface area contributed by atoms with Gasteiger partial charge in [0, 0.05) is 5.25 Å². The maximum Gasteiger partial charge on any atom is 0.131 e. The Morgan fingerprint density at radius 3 is 2.60 bits per heavy atom. The van der Waals surface area contributed by atoms with Crippen LogP contribution in [0.5, 0.6) is 0 Å². The Labute approximate surface area is 104 Å². The number of hydrogen-bond donors (Lipinski definition) is 1. The van der Waals surface area contributed by atoms with E-state index in [9.17, 15) is 0 Å². The second kappa shape index (κ2) is 7.50. The van der Waals surface area contributed by atoms with Gasteiger partial charge in [-0.15, -0.1) is 0 Å².